The molecule has 0 spiro atoms. The third-order valence-electron chi connectivity index (χ3n) is 7.23. The van der Waals surface area contributed by atoms with E-state index in [4.69, 9.17) is 23.9 Å². The number of rotatable bonds is 10. The molecule has 5 rings (SSSR count). The van der Waals surface area contributed by atoms with E-state index in [1.54, 1.807) is 38.0 Å². The zero-order valence-corrected chi connectivity index (χ0v) is 24.5. The molecule has 214 valence electrons. The molecule has 1 aromatic heterocycles. The number of aromatic nitrogens is 2. The molecule has 0 aliphatic carbocycles. The fourth-order valence-corrected chi connectivity index (χ4v) is 6.01. The van der Waals surface area contributed by atoms with Gasteiger partial charge < -0.3 is 23.8 Å². The number of methoxy groups -OCH3 is 4. The van der Waals surface area contributed by atoms with Crippen LogP contribution in [0.5, 0.6) is 23.0 Å². The van der Waals surface area contributed by atoms with Crippen LogP contribution in [0.3, 0.4) is 0 Å². The standard InChI is InChI=1S/C31H33N3O6S/c1-37-25-12-11-20(16-26(25)38-2)13-15-34-30(36)22-17-27(39-3)28(40-4)18-23(22)32-31(34)41-19-29(35)33-14-7-9-21-8-5-6-10-24(21)33/h5-6,8,10-12,16-18H,7,9,13-15,19H2,1-4H3. The number of thioether (sulfide) groups is 1. The van der Waals surface area contributed by atoms with Crippen molar-refractivity contribution >= 4 is 34.3 Å². The van der Waals surface area contributed by atoms with Gasteiger partial charge in [-0.3, -0.25) is 14.2 Å². The summed E-state index contributed by atoms with van der Waals surface area (Å²) in [4.78, 5) is 33.9. The first-order valence-corrected chi connectivity index (χ1v) is 14.3. The topological polar surface area (TPSA) is 92.1 Å². The monoisotopic (exact) mass is 575 g/mol. The maximum Gasteiger partial charge on any atom is 0.262 e. The van der Waals surface area contributed by atoms with Crippen molar-refractivity contribution in [2.45, 2.75) is 31.0 Å². The first kappa shape index (κ1) is 28.4. The summed E-state index contributed by atoms with van der Waals surface area (Å²) in [5.74, 6) is 2.31. The van der Waals surface area contributed by atoms with Crippen molar-refractivity contribution in [3.8, 4) is 23.0 Å². The molecule has 4 aromatic rings. The maximum absolute atomic E-state index is 13.8. The van der Waals surface area contributed by atoms with Crippen molar-refractivity contribution in [1.29, 1.82) is 0 Å². The molecule has 10 heteroatoms. The van der Waals surface area contributed by atoms with E-state index in [9.17, 15) is 9.59 Å². The summed E-state index contributed by atoms with van der Waals surface area (Å²) in [5.41, 5.74) is 3.37. The van der Waals surface area contributed by atoms with Gasteiger partial charge >= 0.3 is 0 Å². The molecule has 3 aromatic carbocycles. The van der Waals surface area contributed by atoms with Crippen molar-refractivity contribution in [3.05, 3.63) is 76.1 Å². The van der Waals surface area contributed by atoms with Crippen LogP contribution in [0.1, 0.15) is 17.5 Å². The normalized spacial score (nSPS) is 12.6. The SMILES string of the molecule is COc1ccc(CCn2c(SCC(=O)N3CCCc4ccccc43)nc3cc(OC)c(OC)cc3c2=O)cc1OC. The summed E-state index contributed by atoms with van der Waals surface area (Å²) in [5, 5.41) is 0.879. The Hall–Kier alpha value is -4.18. The Morgan fingerprint density at radius 2 is 1.61 bits per heavy atom. The van der Waals surface area contributed by atoms with Crippen LogP contribution in [0.15, 0.2) is 64.5 Å². The van der Waals surface area contributed by atoms with Crippen molar-refractivity contribution in [2.75, 3.05) is 45.6 Å². The van der Waals surface area contributed by atoms with Gasteiger partial charge in [0.05, 0.1) is 45.1 Å². The van der Waals surface area contributed by atoms with Crippen molar-refractivity contribution in [2.24, 2.45) is 0 Å². The minimum Gasteiger partial charge on any atom is -0.493 e. The number of hydrogen-bond donors (Lipinski definition) is 0. The van der Waals surface area contributed by atoms with Gasteiger partial charge in [-0.05, 0) is 54.7 Å². The van der Waals surface area contributed by atoms with Gasteiger partial charge in [0.25, 0.3) is 5.56 Å². The lowest BCUT2D eigenvalue weighted by Crippen LogP contribution is -2.36. The van der Waals surface area contributed by atoms with Crippen LogP contribution in [0, 0.1) is 0 Å². The lowest BCUT2D eigenvalue weighted by atomic mass is 10.0. The van der Waals surface area contributed by atoms with E-state index < -0.39 is 0 Å². The van der Waals surface area contributed by atoms with Crippen molar-refractivity contribution in [3.63, 3.8) is 0 Å². The van der Waals surface area contributed by atoms with E-state index in [2.05, 4.69) is 6.07 Å². The molecule has 0 fully saturated rings. The Bertz CT molecular complexity index is 1640. The number of carbonyl (C=O) groups excluding carboxylic acids is 1. The number of benzene rings is 3. The second-order valence-electron chi connectivity index (χ2n) is 9.58. The van der Waals surface area contributed by atoms with E-state index in [-0.39, 0.29) is 17.2 Å². The predicted molar refractivity (Wildman–Crippen MR) is 160 cm³/mol. The average Bonchev–Trinajstić information content (AvgIpc) is 3.02. The number of nitrogens with zero attached hydrogens (tertiary/aromatic N) is 3. The van der Waals surface area contributed by atoms with Gasteiger partial charge in [0.15, 0.2) is 28.2 Å². The molecule has 0 bridgehead atoms. The summed E-state index contributed by atoms with van der Waals surface area (Å²) in [7, 11) is 6.25. The summed E-state index contributed by atoms with van der Waals surface area (Å²) in [6.45, 7) is 1.03. The number of amides is 1. The van der Waals surface area contributed by atoms with E-state index in [1.165, 1.54) is 24.4 Å². The third kappa shape index (κ3) is 5.83. The van der Waals surface area contributed by atoms with Crippen LogP contribution in [-0.4, -0.2) is 56.2 Å². The van der Waals surface area contributed by atoms with Gasteiger partial charge in [0.1, 0.15) is 0 Å². The predicted octanol–water partition coefficient (Wildman–Crippen LogP) is 4.75. The molecule has 0 atom stereocenters. The molecule has 1 amide bonds. The highest BCUT2D eigenvalue weighted by molar-refractivity contribution is 7.99. The van der Waals surface area contributed by atoms with Crippen LogP contribution in [0.2, 0.25) is 0 Å². The zero-order valence-electron chi connectivity index (χ0n) is 23.6. The van der Waals surface area contributed by atoms with E-state index >= 15 is 0 Å². The van der Waals surface area contributed by atoms with Crippen LogP contribution in [0.25, 0.3) is 10.9 Å². The van der Waals surface area contributed by atoms with Crippen LogP contribution in [0.4, 0.5) is 5.69 Å². The van der Waals surface area contributed by atoms with Gasteiger partial charge in [-0.25, -0.2) is 4.98 Å². The number of aryl methyl sites for hydroxylation is 2. The molecule has 0 N–H and O–H groups in total. The largest absolute Gasteiger partial charge is 0.493 e. The van der Waals surface area contributed by atoms with Crippen molar-refractivity contribution < 1.29 is 23.7 Å². The first-order valence-electron chi connectivity index (χ1n) is 13.4. The van der Waals surface area contributed by atoms with Gasteiger partial charge in [0, 0.05) is 24.8 Å². The van der Waals surface area contributed by atoms with E-state index in [0.29, 0.717) is 58.6 Å². The molecule has 9 nitrogen and oxygen atoms in total. The fraction of sp³-hybridized carbons (Fsp3) is 0.323. The van der Waals surface area contributed by atoms with Gasteiger partial charge in [-0.2, -0.15) is 0 Å². The highest BCUT2D eigenvalue weighted by atomic mass is 32.2. The molecule has 41 heavy (non-hydrogen) atoms. The van der Waals surface area contributed by atoms with Gasteiger partial charge in [-0.15, -0.1) is 0 Å². The number of hydrogen-bond acceptors (Lipinski definition) is 8. The number of para-hydroxylation sites is 1. The summed E-state index contributed by atoms with van der Waals surface area (Å²) >= 11 is 1.27. The molecule has 1 aliphatic rings. The molecule has 0 unspecified atom stereocenters. The van der Waals surface area contributed by atoms with E-state index in [0.717, 1.165) is 24.1 Å². The summed E-state index contributed by atoms with van der Waals surface area (Å²) in [6.07, 6.45) is 2.42. The second-order valence-corrected chi connectivity index (χ2v) is 10.5. The quantitative estimate of drug-likeness (QED) is 0.198. The third-order valence-corrected chi connectivity index (χ3v) is 8.19. The summed E-state index contributed by atoms with van der Waals surface area (Å²) in [6, 6.07) is 17.1. The number of ether oxygens (including phenoxy) is 4. The second kappa shape index (κ2) is 12.6. The van der Waals surface area contributed by atoms with Crippen LogP contribution >= 0.6 is 11.8 Å². The lowest BCUT2D eigenvalue weighted by Gasteiger charge is -2.29. The number of anilines is 1. The number of carbonyl (C=O) groups is 1. The van der Waals surface area contributed by atoms with Crippen LogP contribution in [-0.2, 0) is 24.2 Å². The molecule has 0 radical (unpaired) electrons. The van der Waals surface area contributed by atoms with Gasteiger partial charge in [0.2, 0.25) is 5.91 Å². The number of fused-ring (bicyclic) bond motifs is 2. The maximum atomic E-state index is 13.8. The molecular formula is C31H33N3O6S. The minimum atomic E-state index is -0.213. The Labute approximate surface area is 243 Å². The van der Waals surface area contributed by atoms with Gasteiger partial charge in [-0.1, -0.05) is 36.0 Å². The Balaban J connectivity index is 1.48. The highest BCUT2D eigenvalue weighted by Crippen LogP contribution is 2.32. The van der Waals surface area contributed by atoms with Crippen LogP contribution < -0.4 is 29.4 Å². The zero-order chi connectivity index (χ0) is 28.9. The minimum absolute atomic E-state index is 0.0183. The molecule has 0 saturated carbocycles. The molecule has 0 saturated heterocycles. The Morgan fingerprint density at radius 3 is 2.37 bits per heavy atom. The molecular weight excluding hydrogens is 542 g/mol. The first-order chi connectivity index (χ1) is 20.0. The lowest BCUT2D eigenvalue weighted by molar-refractivity contribution is -0.116. The Morgan fingerprint density at radius 1 is 0.902 bits per heavy atom. The summed E-state index contributed by atoms with van der Waals surface area (Å²) < 4.78 is 23.3. The highest BCUT2D eigenvalue weighted by Gasteiger charge is 2.23. The average molecular weight is 576 g/mol. The Kier molecular flexibility index (Phi) is 8.68. The molecule has 2 heterocycles. The smallest absolute Gasteiger partial charge is 0.262 e. The molecule has 1 aliphatic heterocycles. The van der Waals surface area contributed by atoms with E-state index in [1.807, 2.05) is 41.3 Å². The van der Waals surface area contributed by atoms with Crippen molar-refractivity contribution in [1.82, 2.24) is 9.55 Å². The fourth-order valence-electron chi connectivity index (χ4n) is 5.11.